The fourth-order valence-corrected chi connectivity index (χ4v) is 4.33. The van der Waals surface area contributed by atoms with Gasteiger partial charge < -0.3 is 28.6 Å². The van der Waals surface area contributed by atoms with Gasteiger partial charge in [-0.2, -0.15) is 9.97 Å². The van der Waals surface area contributed by atoms with Crippen LogP contribution in [0.3, 0.4) is 0 Å². The van der Waals surface area contributed by atoms with Crippen LogP contribution in [0.2, 0.25) is 0 Å². The van der Waals surface area contributed by atoms with E-state index >= 15 is 0 Å². The lowest BCUT2D eigenvalue weighted by Crippen LogP contribution is -2.29. The third kappa shape index (κ3) is 5.67. The van der Waals surface area contributed by atoms with Gasteiger partial charge in [0.25, 0.3) is 5.91 Å². The van der Waals surface area contributed by atoms with Crippen molar-refractivity contribution in [1.82, 2.24) is 15.3 Å². The molecular weight excluding hydrogens is 449 g/mol. The molecule has 1 heterocycles. The van der Waals surface area contributed by atoms with Gasteiger partial charge in [-0.25, -0.2) is 0 Å². The molecule has 33 heavy (non-hydrogen) atoms. The molecule has 0 bridgehead atoms. The Labute approximate surface area is 191 Å². The number of methoxy groups -OCH3 is 2. The molecule has 1 atom stereocenters. The summed E-state index contributed by atoms with van der Waals surface area (Å²) in [5, 5.41) is 2.74. The molecule has 0 spiro atoms. The van der Waals surface area contributed by atoms with Crippen LogP contribution in [-0.4, -0.2) is 44.3 Å². The topological polar surface area (TPSA) is 118 Å². The standard InChI is InChI=1S/C22H24N3O7P/c1-28-18-14-19(29-2)24-22(23-18)32-17-13-9-8-12-16(17)20(26)25-21(33(27,30-3)31-4)15-10-6-5-7-11-15/h5-14,21H,1-4H3,(H,25,26). The third-order valence-electron chi connectivity index (χ3n) is 4.62. The Morgan fingerprint density at radius 3 is 2.03 bits per heavy atom. The minimum Gasteiger partial charge on any atom is -0.481 e. The summed E-state index contributed by atoms with van der Waals surface area (Å²) in [7, 11) is 1.69. The van der Waals surface area contributed by atoms with Crippen molar-refractivity contribution < 1.29 is 32.6 Å². The molecule has 11 heteroatoms. The summed E-state index contributed by atoms with van der Waals surface area (Å²) >= 11 is 0. The lowest BCUT2D eigenvalue weighted by molar-refractivity contribution is 0.0938. The van der Waals surface area contributed by atoms with Gasteiger partial charge in [-0.15, -0.1) is 0 Å². The van der Waals surface area contributed by atoms with Crippen molar-refractivity contribution in [3.8, 4) is 23.5 Å². The van der Waals surface area contributed by atoms with E-state index < -0.39 is 19.3 Å². The first-order chi connectivity index (χ1) is 15.9. The molecule has 3 rings (SSSR count). The van der Waals surface area contributed by atoms with E-state index in [1.54, 1.807) is 54.6 Å². The van der Waals surface area contributed by atoms with Crippen LogP contribution < -0.4 is 19.5 Å². The van der Waals surface area contributed by atoms with E-state index in [-0.39, 0.29) is 29.1 Å². The first-order valence-electron chi connectivity index (χ1n) is 9.75. The number of ether oxygens (including phenoxy) is 3. The Morgan fingerprint density at radius 1 is 0.879 bits per heavy atom. The zero-order valence-electron chi connectivity index (χ0n) is 18.6. The molecule has 0 saturated carbocycles. The Hall–Kier alpha value is -3.46. The second-order valence-corrected chi connectivity index (χ2v) is 8.85. The van der Waals surface area contributed by atoms with Gasteiger partial charge in [-0.3, -0.25) is 9.36 Å². The second kappa shape index (κ2) is 10.9. The highest BCUT2D eigenvalue weighted by Crippen LogP contribution is 2.58. The molecule has 10 nitrogen and oxygen atoms in total. The number of para-hydroxylation sites is 1. The van der Waals surface area contributed by atoms with Gasteiger partial charge in [0, 0.05) is 14.2 Å². The maximum Gasteiger partial charge on any atom is 0.356 e. The molecule has 3 aromatic rings. The molecule has 0 aliphatic rings. The Balaban J connectivity index is 1.94. The number of rotatable bonds is 10. The van der Waals surface area contributed by atoms with Gasteiger partial charge in [-0.05, 0) is 17.7 Å². The summed E-state index contributed by atoms with van der Waals surface area (Å²) in [5.41, 5.74) is 0.708. The van der Waals surface area contributed by atoms with Crippen molar-refractivity contribution in [2.45, 2.75) is 5.78 Å². The number of carbonyl (C=O) groups is 1. The molecule has 1 aromatic heterocycles. The van der Waals surface area contributed by atoms with E-state index in [1.165, 1.54) is 34.5 Å². The van der Waals surface area contributed by atoms with E-state index in [1.807, 2.05) is 0 Å². The molecule has 1 N–H and O–H groups in total. The number of nitrogens with one attached hydrogen (secondary N) is 1. The van der Waals surface area contributed by atoms with Crippen LogP contribution in [0.25, 0.3) is 0 Å². The lowest BCUT2D eigenvalue weighted by Gasteiger charge is -2.26. The number of benzene rings is 2. The van der Waals surface area contributed by atoms with Crippen LogP contribution in [0.1, 0.15) is 21.7 Å². The van der Waals surface area contributed by atoms with E-state index in [2.05, 4.69) is 15.3 Å². The summed E-state index contributed by atoms with van der Waals surface area (Å²) in [6.45, 7) is 0. The van der Waals surface area contributed by atoms with Crippen molar-refractivity contribution in [2.75, 3.05) is 28.4 Å². The average Bonchev–Trinajstić information content (AvgIpc) is 2.87. The predicted octanol–water partition coefficient (Wildman–Crippen LogP) is 4.20. The van der Waals surface area contributed by atoms with Crippen LogP contribution >= 0.6 is 7.60 Å². The van der Waals surface area contributed by atoms with Crippen molar-refractivity contribution >= 4 is 13.5 Å². The van der Waals surface area contributed by atoms with Gasteiger partial charge in [-0.1, -0.05) is 42.5 Å². The molecule has 1 unspecified atom stereocenters. The molecule has 0 fully saturated rings. The summed E-state index contributed by atoms with van der Waals surface area (Å²) in [4.78, 5) is 21.5. The van der Waals surface area contributed by atoms with Crippen LogP contribution in [0.15, 0.2) is 60.7 Å². The molecule has 0 radical (unpaired) electrons. The molecule has 0 saturated heterocycles. The Kier molecular flexibility index (Phi) is 8.00. The first-order valence-corrected chi connectivity index (χ1v) is 11.4. The van der Waals surface area contributed by atoms with Gasteiger partial charge in [0.05, 0.1) is 25.8 Å². The highest BCUT2D eigenvalue weighted by molar-refractivity contribution is 7.54. The summed E-state index contributed by atoms with van der Waals surface area (Å²) in [5.74, 6) is -0.999. The SMILES string of the molecule is COc1cc(OC)nc(Oc2ccccc2C(=O)NC(c2ccccc2)P(=O)(OC)OC)n1. The number of carbonyl (C=O) groups excluding carboxylic acids is 1. The lowest BCUT2D eigenvalue weighted by atomic mass is 10.1. The van der Waals surface area contributed by atoms with Gasteiger partial charge in [0.15, 0.2) is 5.78 Å². The molecule has 2 aromatic carbocycles. The van der Waals surface area contributed by atoms with Crippen LogP contribution in [0.4, 0.5) is 0 Å². The number of hydrogen-bond donors (Lipinski definition) is 1. The highest BCUT2D eigenvalue weighted by Gasteiger charge is 2.37. The highest BCUT2D eigenvalue weighted by atomic mass is 31.2. The second-order valence-electron chi connectivity index (χ2n) is 6.53. The number of nitrogens with zero attached hydrogens (tertiary/aromatic N) is 2. The number of aromatic nitrogens is 2. The molecule has 0 aliphatic carbocycles. The van der Waals surface area contributed by atoms with Crippen LogP contribution in [0, 0.1) is 0 Å². The van der Waals surface area contributed by atoms with E-state index in [4.69, 9.17) is 23.3 Å². The van der Waals surface area contributed by atoms with E-state index in [0.717, 1.165) is 0 Å². The van der Waals surface area contributed by atoms with Crippen molar-refractivity contribution in [2.24, 2.45) is 0 Å². The van der Waals surface area contributed by atoms with Gasteiger partial charge >= 0.3 is 13.6 Å². The molecular formula is C22H24N3O7P. The fraction of sp³-hybridized carbons (Fsp3) is 0.227. The maximum absolute atomic E-state index is 13.3. The smallest absolute Gasteiger partial charge is 0.356 e. The maximum atomic E-state index is 13.3. The average molecular weight is 473 g/mol. The van der Waals surface area contributed by atoms with Crippen molar-refractivity contribution in [3.05, 3.63) is 71.8 Å². The zero-order chi connectivity index (χ0) is 23.8. The molecule has 174 valence electrons. The fourth-order valence-electron chi connectivity index (χ4n) is 2.95. The molecule has 0 aliphatic heterocycles. The first kappa shape index (κ1) is 24.2. The number of hydrogen-bond acceptors (Lipinski definition) is 9. The van der Waals surface area contributed by atoms with Crippen molar-refractivity contribution in [1.29, 1.82) is 0 Å². The van der Waals surface area contributed by atoms with Crippen LogP contribution in [-0.2, 0) is 13.6 Å². The van der Waals surface area contributed by atoms with Gasteiger partial charge in [0.2, 0.25) is 11.8 Å². The van der Waals surface area contributed by atoms with Gasteiger partial charge in [0.1, 0.15) is 5.75 Å². The largest absolute Gasteiger partial charge is 0.481 e. The third-order valence-corrected chi connectivity index (χ3v) is 6.70. The Bertz CT molecular complexity index is 1110. The minimum absolute atomic E-state index is 0.0782. The minimum atomic E-state index is -3.72. The quantitative estimate of drug-likeness (QED) is 0.432. The Morgan fingerprint density at radius 2 is 1.45 bits per heavy atom. The summed E-state index contributed by atoms with van der Waals surface area (Å²) in [6.07, 6.45) is 0. The summed E-state index contributed by atoms with van der Waals surface area (Å²) in [6, 6.07) is 16.6. The van der Waals surface area contributed by atoms with E-state index in [0.29, 0.717) is 5.56 Å². The normalized spacial score (nSPS) is 12.0. The summed E-state index contributed by atoms with van der Waals surface area (Å²) < 4.78 is 39.5. The van der Waals surface area contributed by atoms with E-state index in [9.17, 15) is 9.36 Å². The van der Waals surface area contributed by atoms with Crippen molar-refractivity contribution in [3.63, 3.8) is 0 Å². The van der Waals surface area contributed by atoms with Crippen LogP contribution in [0.5, 0.6) is 23.5 Å². The monoisotopic (exact) mass is 473 g/mol. The molecule has 1 amide bonds. The number of amides is 1. The zero-order valence-corrected chi connectivity index (χ0v) is 19.4. The predicted molar refractivity (Wildman–Crippen MR) is 120 cm³/mol.